The van der Waals surface area contributed by atoms with Gasteiger partial charge in [0.15, 0.2) is 0 Å². The van der Waals surface area contributed by atoms with E-state index in [1.807, 2.05) is 42.5 Å². The zero-order valence-electron chi connectivity index (χ0n) is 24.2. The number of rotatable bonds is 7. The standard InChI is InChI=1S/C32H32N6O4S/c1-36-12-14-38(15-13-36)18-28(39)37(2)23-8-6-22(7-9-23)34-30(20-5-11-27-26(16-20)33-19-43-27)29-24-10-4-21(32(41)42-3)17-25(24)35-31(29)40/h4-11,16-17,19,29H,12-15,18H2,1-3H3,(H,35,40). The fourth-order valence-corrected chi connectivity index (χ4v) is 6.09. The molecule has 43 heavy (non-hydrogen) atoms. The summed E-state index contributed by atoms with van der Waals surface area (Å²) < 4.78 is 5.89. The van der Waals surface area contributed by atoms with Crippen LogP contribution in [0.5, 0.6) is 0 Å². The lowest BCUT2D eigenvalue weighted by atomic mass is 9.90. The van der Waals surface area contributed by atoms with Crippen LogP contribution in [0, 0.1) is 0 Å². The summed E-state index contributed by atoms with van der Waals surface area (Å²) in [4.78, 5) is 54.1. The Morgan fingerprint density at radius 1 is 1.05 bits per heavy atom. The van der Waals surface area contributed by atoms with Gasteiger partial charge in [-0.2, -0.15) is 0 Å². The summed E-state index contributed by atoms with van der Waals surface area (Å²) in [5.74, 6) is -1.38. The number of fused-ring (bicyclic) bond motifs is 2. The van der Waals surface area contributed by atoms with E-state index in [1.54, 1.807) is 47.0 Å². The number of ether oxygens (including phenoxy) is 1. The van der Waals surface area contributed by atoms with Gasteiger partial charge in [-0.25, -0.2) is 9.78 Å². The number of likely N-dealkylation sites (N-methyl/N-ethyl adjacent to an activating group) is 2. The largest absolute Gasteiger partial charge is 0.465 e. The summed E-state index contributed by atoms with van der Waals surface area (Å²) in [6.07, 6.45) is 0. The van der Waals surface area contributed by atoms with Crippen LogP contribution < -0.4 is 10.2 Å². The number of hydrogen-bond donors (Lipinski definition) is 1. The highest BCUT2D eigenvalue weighted by Crippen LogP contribution is 2.38. The van der Waals surface area contributed by atoms with Crippen molar-refractivity contribution in [3.8, 4) is 0 Å². The van der Waals surface area contributed by atoms with E-state index in [-0.39, 0.29) is 11.8 Å². The van der Waals surface area contributed by atoms with Crippen molar-refractivity contribution in [2.24, 2.45) is 4.99 Å². The van der Waals surface area contributed by atoms with Crippen molar-refractivity contribution in [3.05, 3.63) is 82.9 Å². The van der Waals surface area contributed by atoms with Gasteiger partial charge in [0.25, 0.3) is 0 Å². The highest BCUT2D eigenvalue weighted by atomic mass is 32.1. The number of nitrogens with one attached hydrogen (secondary N) is 1. The molecule has 1 aromatic heterocycles. The Kier molecular flexibility index (Phi) is 8.02. The van der Waals surface area contributed by atoms with Gasteiger partial charge in [0.05, 0.1) is 46.3 Å². The molecular weight excluding hydrogens is 564 g/mol. The molecule has 0 spiro atoms. The number of methoxy groups -OCH3 is 1. The van der Waals surface area contributed by atoms with Gasteiger partial charge in [-0.3, -0.25) is 19.5 Å². The zero-order chi connectivity index (χ0) is 30.1. The minimum absolute atomic E-state index is 0.0311. The lowest BCUT2D eigenvalue weighted by Crippen LogP contribution is -2.48. The maximum Gasteiger partial charge on any atom is 0.337 e. The summed E-state index contributed by atoms with van der Waals surface area (Å²) in [6.45, 7) is 4.04. The van der Waals surface area contributed by atoms with E-state index < -0.39 is 11.9 Å². The first-order valence-electron chi connectivity index (χ1n) is 14.0. The van der Waals surface area contributed by atoms with Gasteiger partial charge in [0.2, 0.25) is 11.8 Å². The molecular formula is C32H32N6O4S. The van der Waals surface area contributed by atoms with Crippen LogP contribution in [-0.4, -0.2) is 92.2 Å². The highest BCUT2D eigenvalue weighted by molar-refractivity contribution is 7.16. The number of aliphatic imine (C=N–C) groups is 1. The van der Waals surface area contributed by atoms with E-state index in [9.17, 15) is 14.4 Å². The molecule has 1 atom stereocenters. The van der Waals surface area contributed by atoms with Crippen molar-refractivity contribution in [1.82, 2.24) is 14.8 Å². The van der Waals surface area contributed by atoms with Gasteiger partial charge in [-0.15, -0.1) is 11.3 Å². The summed E-state index contributed by atoms with van der Waals surface area (Å²) >= 11 is 1.55. The Morgan fingerprint density at radius 3 is 2.53 bits per heavy atom. The van der Waals surface area contributed by atoms with Crippen LogP contribution in [0.2, 0.25) is 0 Å². The molecule has 4 aromatic rings. The predicted molar refractivity (Wildman–Crippen MR) is 169 cm³/mol. The highest BCUT2D eigenvalue weighted by Gasteiger charge is 2.36. The third-order valence-electron chi connectivity index (χ3n) is 8.02. The average molecular weight is 597 g/mol. The first-order chi connectivity index (χ1) is 20.8. The fourth-order valence-electron chi connectivity index (χ4n) is 5.43. The van der Waals surface area contributed by atoms with E-state index in [4.69, 9.17) is 9.73 Å². The fraction of sp³-hybridized carbons (Fsp3) is 0.281. The Labute approximate surface area is 253 Å². The number of aromatic nitrogens is 1. The number of carbonyl (C=O) groups excluding carboxylic acids is 3. The smallest absolute Gasteiger partial charge is 0.337 e. The number of hydrogen-bond acceptors (Lipinski definition) is 9. The van der Waals surface area contributed by atoms with Crippen LogP contribution in [0.4, 0.5) is 17.1 Å². The normalized spacial score (nSPS) is 17.5. The second-order valence-corrected chi connectivity index (χ2v) is 11.7. The predicted octanol–water partition coefficient (Wildman–Crippen LogP) is 4.15. The van der Waals surface area contributed by atoms with Crippen LogP contribution in [0.15, 0.2) is 71.2 Å². The van der Waals surface area contributed by atoms with Crippen LogP contribution >= 0.6 is 11.3 Å². The maximum atomic E-state index is 13.4. The van der Waals surface area contributed by atoms with Gasteiger partial charge in [0.1, 0.15) is 5.92 Å². The van der Waals surface area contributed by atoms with Crippen LogP contribution in [0.3, 0.4) is 0 Å². The van der Waals surface area contributed by atoms with Crippen LogP contribution in [-0.2, 0) is 14.3 Å². The number of amides is 2. The van der Waals surface area contributed by atoms with E-state index in [1.165, 1.54) is 7.11 Å². The molecule has 0 aliphatic carbocycles. The van der Waals surface area contributed by atoms with Gasteiger partial charge < -0.3 is 19.9 Å². The van der Waals surface area contributed by atoms with Gasteiger partial charge in [0, 0.05) is 44.6 Å². The summed E-state index contributed by atoms with van der Waals surface area (Å²) in [5, 5.41) is 2.92. The third-order valence-corrected chi connectivity index (χ3v) is 8.83. The van der Waals surface area contributed by atoms with Gasteiger partial charge >= 0.3 is 5.97 Å². The minimum atomic E-state index is -0.703. The van der Waals surface area contributed by atoms with E-state index in [2.05, 4.69) is 27.1 Å². The summed E-state index contributed by atoms with van der Waals surface area (Å²) in [7, 11) is 5.20. The van der Waals surface area contributed by atoms with Crippen molar-refractivity contribution in [2.75, 3.05) is 64.1 Å². The average Bonchev–Trinajstić information content (AvgIpc) is 3.63. The Morgan fingerprint density at radius 2 is 1.79 bits per heavy atom. The quantitative estimate of drug-likeness (QED) is 0.252. The van der Waals surface area contributed by atoms with Crippen LogP contribution in [0.1, 0.15) is 27.4 Å². The molecule has 3 aromatic carbocycles. The summed E-state index contributed by atoms with van der Waals surface area (Å²) in [5.41, 5.74) is 6.98. The Balaban J connectivity index is 1.31. The second-order valence-electron chi connectivity index (χ2n) is 10.8. The molecule has 220 valence electrons. The number of nitrogens with zero attached hydrogens (tertiary/aromatic N) is 5. The van der Waals surface area contributed by atoms with Crippen LogP contribution in [0.25, 0.3) is 10.2 Å². The molecule has 10 nitrogen and oxygen atoms in total. The zero-order valence-corrected chi connectivity index (χ0v) is 25.1. The van der Waals surface area contributed by atoms with E-state index in [0.717, 1.165) is 53.2 Å². The number of benzene rings is 3. The number of carbonyl (C=O) groups is 3. The minimum Gasteiger partial charge on any atom is -0.465 e. The molecule has 2 amide bonds. The van der Waals surface area contributed by atoms with Gasteiger partial charge in [-0.1, -0.05) is 12.1 Å². The SMILES string of the molecule is COC(=O)c1ccc2c(c1)NC(=O)C2C(=Nc1ccc(N(C)C(=O)CN2CCN(C)CC2)cc1)c1ccc2scnc2c1. The summed E-state index contributed by atoms with van der Waals surface area (Å²) in [6, 6.07) is 18.4. The molecule has 2 aliphatic rings. The molecule has 0 bridgehead atoms. The third kappa shape index (κ3) is 5.92. The number of thiazole rings is 1. The van der Waals surface area contributed by atoms with Crippen molar-refractivity contribution in [3.63, 3.8) is 0 Å². The number of anilines is 2. The lowest BCUT2D eigenvalue weighted by molar-refractivity contribution is -0.120. The van der Waals surface area contributed by atoms with Gasteiger partial charge in [-0.05, 0) is 66.7 Å². The van der Waals surface area contributed by atoms with Crippen molar-refractivity contribution >= 4 is 62.1 Å². The Bertz CT molecular complexity index is 1730. The molecule has 1 fully saturated rings. The molecule has 6 rings (SSSR count). The lowest BCUT2D eigenvalue weighted by Gasteiger charge is -2.32. The topological polar surface area (TPSA) is 107 Å². The molecule has 0 radical (unpaired) electrons. The first-order valence-corrected chi connectivity index (χ1v) is 14.9. The molecule has 0 saturated carbocycles. The number of esters is 1. The van der Waals surface area contributed by atoms with E-state index >= 15 is 0 Å². The second kappa shape index (κ2) is 12.0. The monoisotopic (exact) mass is 596 g/mol. The molecule has 11 heteroatoms. The van der Waals surface area contributed by atoms with Crippen molar-refractivity contribution in [1.29, 1.82) is 0 Å². The first kappa shape index (κ1) is 28.7. The van der Waals surface area contributed by atoms with Crippen molar-refractivity contribution in [2.45, 2.75) is 5.92 Å². The molecule has 1 saturated heterocycles. The molecule has 1 unspecified atom stereocenters. The maximum absolute atomic E-state index is 13.4. The van der Waals surface area contributed by atoms with E-state index in [0.29, 0.717) is 29.2 Å². The molecule has 1 N–H and O–H groups in total. The molecule has 2 aliphatic heterocycles. The van der Waals surface area contributed by atoms with Crippen molar-refractivity contribution < 1.29 is 19.1 Å². The molecule has 3 heterocycles. The number of piperazine rings is 1. The Hall–Kier alpha value is -4.45.